The van der Waals surface area contributed by atoms with Gasteiger partial charge in [-0.15, -0.1) is 0 Å². The van der Waals surface area contributed by atoms with Crippen molar-refractivity contribution in [2.45, 2.75) is 19.1 Å². The fourth-order valence-electron chi connectivity index (χ4n) is 4.88. The van der Waals surface area contributed by atoms with E-state index < -0.39 is 0 Å². The molecule has 222 valence electrons. The number of hydrogen-bond acceptors (Lipinski definition) is 5. The molecule has 5 aromatic rings. The van der Waals surface area contributed by atoms with E-state index in [4.69, 9.17) is 18.9 Å². The van der Waals surface area contributed by atoms with E-state index in [-0.39, 0.29) is 6.04 Å². The Bertz CT molecular complexity index is 1710. The Balaban J connectivity index is 1.59. The quantitative estimate of drug-likeness (QED) is 0.134. The Morgan fingerprint density at radius 1 is 0.636 bits per heavy atom. The van der Waals surface area contributed by atoms with Gasteiger partial charge in [0, 0.05) is 17.6 Å². The Morgan fingerprint density at radius 3 is 1.95 bits per heavy atom. The summed E-state index contributed by atoms with van der Waals surface area (Å²) in [5.41, 5.74) is 4.08. The van der Waals surface area contributed by atoms with Crippen LogP contribution in [0.4, 0.5) is 0 Å². The first-order valence-corrected chi connectivity index (χ1v) is 15.0. The van der Waals surface area contributed by atoms with Crippen LogP contribution in [0.25, 0.3) is 0 Å². The summed E-state index contributed by atoms with van der Waals surface area (Å²) in [7, 11) is 4.96. The lowest BCUT2D eigenvalue weighted by Gasteiger charge is -2.30. The van der Waals surface area contributed by atoms with Crippen LogP contribution >= 0.6 is 15.9 Å². The van der Waals surface area contributed by atoms with Gasteiger partial charge in [0.1, 0.15) is 17.2 Å². The molecular weight excluding hydrogens is 614 g/mol. The number of para-hydroxylation sites is 2. The lowest BCUT2D eigenvalue weighted by molar-refractivity contribution is 0.218. The molecule has 0 amide bonds. The van der Waals surface area contributed by atoms with Crippen LogP contribution < -0.4 is 18.9 Å². The molecule has 6 heteroatoms. The Labute approximate surface area is 268 Å². The highest BCUT2D eigenvalue weighted by atomic mass is 79.9. The van der Waals surface area contributed by atoms with E-state index in [1.165, 1.54) is 5.56 Å². The maximum absolute atomic E-state index is 6.23. The summed E-state index contributed by atoms with van der Waals surface area (Å²) in [6, 6.07) is 39.8. The number of benzene rings is 5. The van der Waals surface area contributed by atoms with Crippen molar-refractivity contribution in [2.24, 2.45) is 0 Å². The molecular formula is C38H34BrNO4. The van der Waals surface area contributed by atoms with Gasteiger partial charge >= 0.3 is 0 Å². The van der Waals surface area contributed by atoms with Crippen LogP contribution in [-0.2, 0) is 13.1 Å². The molecule has 0 fully saturated rings. The molecule has 0 saturated heterocycles. The van der Waals surface area contributed by atoms with E-state index >= 15 is 0 Å². The van der Waals surface area contributed by atoms with Crippen molar-refractivity contribution in [3.63, 3.8) is 0 Å². The second-order valence-electron chi connectivity index (χ2n) is 10.0. The number of methoxy groups -OCH3 is 3. The minimum absolute atomic E-state index is 0.272. The van der Waals surface area contributed by atoms with E-state index in [1.54, 1.807) is 21.3 Å². The largest absolute Gasteiger partial charge is 0.497 e. The zero-order valence-electron chi connectivity index (χ0n) is 25.0. The number of halogens is 1. The van der Waals surface area contributed by atoms with Crippen LogP contribution in [0.2, 0.25) is 0 Å². The standard InChI is InChI=1S/C38H34BrNO4/c1-41-32-21-18-29(19-22-32)35(23-20-30-14-10-11-17-36(30)44-33-15-8-5-9-16-33)40(26-28-12-6-4-7-13-28)27-31-24-37(42-2)38(43-3)25-34(31)39/h4-19,21-22,24-25,35H,26-27H2,1-3H3. The summed E-state index contributed by atoms with van der Waals surface area (Å²) in [6.45, 7) is 1.25. The third-order valence-electron chi connectivity index (χ3n) is 7.15. The predicted octanol–water partition coefficient (Wildman–Crippen LogP) is 9.06. The highest BCUT2D eigenvalue weighted by Gasteiger charge is 2.22. The summed E-state index contributed by atoms with van der Waals surface area (Å²) < 4.78 is 23.8. The zero-order chi connectivity index (χ0) is 30.7. The summed E-state index contributed by atoms with van der Waals surface area (Å²) in [6.07, 6.45) is 0. The third kappa shape index (κ3) is 7.82. The molecule has 1 atom stereocenters. The van der Waals surface area contributed by atoms with Crippen LogP contribution in [0.3, 0.4) is 0 Å². The van der Waals surface area contributed by atoms with Gasteiger partial charge in [0.05, 0.1) is 32.9 Å². The van der Waals surface area contributed by atoms with Crippen LogP contribution in [0, 0.1) is 11.8 Å². The van der Waals surface area contributed by atoms with Gasteiger partial charge in [-0.05, 0) is 65.2 Å². The fourth-order valence-corrected chi connectivity index (χ4v) is 5.33. The molecule has 0 aliphatic carbocycles. The molecule has 0 bridgehead atoms. The monoisotopic (exact) mass is 647 g/mol. The van der Waals surface area contributed by atoms with Crippen molar-refractivity contribution in [3.8, 4) is 40.6 Å². The van der Waals surface area contributed by atoms with Crippen molar-refractivity contribution in [2.75, 3.05) is 21.3 Å². The topological polar surface area (TPSA) is 40.2 Å². The lowest BCUT2D eigenvalue weighted by atomic mass is 10.0. The first kappa shape index (κ1) is 30.7. The van der Waals surface area contributed by atoms with Crippen LogP contribution in [-0.4, -0.2) is 26.2 Å². The molecule has 0 aliphatic rings. The van der Waals surface area contributed by atoms with Gasteiger partial charge in [-0.3, -0.25) is 4.90 Å². The van der Waals surface area contributed by atoms with Crippen molar-refractivity contribution in [1.29, 1.82) is 0 Å². The molecule has 5 rings (SSSR count). The normalized spacial score (nSPS) is 11.3. The Morgan fingerprint density at radius 2 is 1.27 bits per heavy atom. The third-order valence-corrected chi connectivity index (χ3v) is 7.89. The Hall–Kier alpha value is -4.70. The van der Waals surface area contributed by atoms with E-state index in [0.29, 0.717) is 30.3 Å². The highest BCUT2D eigenvalue weighted by molar-refractivity contribution is 9.10. The molecule has 0 aliphatic heterocycles. The van der Waals surface area contributed by atoms with Crippen LogP contribution in [0.5, 0.6) is 28.7 Å². The van der Waals surface area contributed by atoms with Crippen LogP contribution in [0.1, 0.15) is 28.3 Å². The van der Waals surface area contributed by atoms with Gasteiger partial charge in [0.25, 0.3) is 0 Å². The first-order chi connectivity index (χ1) is 21.6. The van der Waals surface area contributed by atoms with Crippen molar-refractivity contribution >= 4 is 15.9 Å². The molecule has 44 heavy (non-hydrogen) atoms. The number of rotatable bonds is 11. The van der Waals surface area contributed by atoms with Gasteiger partial charge in [-0.2, -0.15) is 0 Å². The maximum atomic E-state index is 6.23. The fraction of sp³-hybridized carbons (Fsp3) is 0.158. The minimum atomic E-state index is -0.272. The average Bonchev–Trinajstić information content (AvgIpc) is 3.07. The van der Waals surface area contributed by atoms with Crippen molar-refractivity contribution < 1.29 is 18.9 Å². The van der Waals surface area contributed by atoms with Crippen LogP contribution in [0.15, 0.2) is 126 Å². The van der Waals surface area contributed by atoms with E-state index in [0.717, 1.165) is 32.7 Å². The molecule has 0 spiro atoms. The van der Waals surface area contributed by atoms with Crippen molar-refractivity contribution in [1.82, 2.24) is 4.90 Å². The molecule has 5 nitrogen and oxygen atoms in total. The zero-order valence-corrected chi connectivity index (χ0v) is 26.6. The van der Waals surface area contributed by atoms with Gasteiger partial charge in [-0.25, -0.2) is 0 Å². The lowest BCUT2D eigenvalue weighted by Crippen LogP contribution is -2.27. The van der Waals surface area contributed by atoms with Gasteiger partial charge in [-0.1, -0.05) is 101 Å². The predicted molar refractivity (Wildman–Crippen MR) is 179 cm³/mol. The SMILES string of the molecule is COc1ccc(C(C#Cc2ccccc2Oc2ccccc2)N(Cc2ccccc2)Cc2cc(OC)c(OC)cc2Br)cc1. The Kier molecular flexibility index (Phi) is 10.6. The summed E-state index contributed by atoms with van der Waals surface area (Å²) in [5, 5.41) is 0. The first-order valence-electron chi connectivity index (χ1n) is 14.2. The highest BCUT2D eigenvalue weighted by Crippen LogP contribution is 2.36. The number of hydrogen-bond donors (Lipinski definition) is 0. The molecule has 1 unspecified atom stereocenters. The maximum Gasteiger partial charge on any atom is 0.161 e. The van der Waals surface area contributed by atoms with Gasteiger partial charge < -0.3 is 18.9 Å². The minimum Gasteiger partial charge on any atom is -0.497 e. The summed E-state index contributed by atoms with van der Waals surface area (Å²) in [5.74, 6) is 10.7. The second-order valence-corrected chi connectivity index (χ2v) is 10.9. The smallest absolute Gasteiger partial charge is 0.161 e. The summed E-state index contributed by atoms with van der Waals surface area (Å²) >= 11 is 3.77. The molecule has 0 saturated carbocycles. The average molecular weight is 649 g/mol. The molecule has 0 radical (unpaired) electrons. The number of ether oxygens (including phenoxy) is 4. The molecule has 0 aromatic heterocycles. The summed E-state index contributed by atoms with van der Waals surface area (Å²) in [4.78, 5) is 2.36. The second kappa shape index (κ2) is 15.2. The molecule has 0 heterocycles. The van der Waals surface area contributed by atoms with E-state index in [2.05, 4.69) is 69.1 Å². The van der Waals surface area contributed by atoms with Gasteiger partial charge in [0.2, 0.25) is 0 Å². The number of nitrogens with zero attached hydrogens (tertiary/aromatic N) is 1. The molecule has 0 N–H and O–H groups in total. The van der Waals surface area contributed by atoms with Gasteiger partial charge in [0.15, 0.2) is 11.5 Å². The molecule has 5 aromatic carbocycles. The van der Waals surface area contributed by atoms with E-state index in [1.807, 2.05) is 84.9 Å². The van der Waals surface area contributed by atoms with Crippen molar-refractivity contribution in [3.05, 3.63) is 148 Å². The van der Waals surface area contributed by atoms with E-state index in [9.17, 15) is 0 Å².